The molecule has 1 aliphatic heterocycles. The van der Waals surface area contributed by atoms with Crippen molar-refractivity contribution in [3.63, 3.8) is 0 Å². The van der Waals surface area contributed by atoms with Gasteiger partial charge in [0, 0.05) is 24.0 Å². The van der Waals surface area contributed by atoms with E-state index in [4.69, 9.17) is 16.3 Å². The van der Waals surface area contributed by atoms with Gasteiger partial charge in [-0.1, -0.05) is 11.6 Å². The maximum Gasteiger partial charge on any atom is 0.261 e. The Bertz CT molecular complexity index is 543. The molecule has 0 aromatic heterocycles. The van der Waals surface area contributed by atoms with Gasteiger partial charge in [-0.15, -0.1) is 0 Å². The molecule has 2 unspecified atom stereocenters. The number of halogens is 2. The van der Waals surface area contributed by atoms with E-state index >= 15 is 0 Å². The second kappa shape index (κ2) is 7.13. The van der Waals surface area contributed by atoms with Crippen molar-refractivity contribution in [2.45, 2.75) is 31.9 Å². The van der Waals surface area contributed by atoms with Gasteiger partial charge in [0.05, 0.1) is 4.47 Å². The van der Waals surface area contributed by atoms with E-state index in [0.29, 0.717) is 34.6 Å². The molecule has 0 bridgehead atoms. The van der Waals surface area contributed by atoms with Crippen LogP contribution in [-0.4, -0.2) is 30.5 Å². The average molecular weight is 376 g/mol. The molecule has 0 spiro atoms. The first-order valence-corrected chi connectivity index (χ1v) is 7.81. The van der Waals surface area contributed by atoms with E-state index in [9.17, 15) is 9.59 Å². The lowest BCUT2D eigenvalue weighted by molar-refractivity contribution is -0.129. The third kappa shape index (κ3) is 4.61. The average Bonchev–Trinajstić information content (AvgIpc) is 2.44. The molecule has 114 valence electrons. The number of hydrogen-bond acceptors (Lipinski definition) is 3. The molecule has 1 heterocycles. The van der Waals surface area contributed by atoms with Crippen LogP contribution in [0.5, 0.6) is 5.75 Å². The van der Waals surface area contributed by atoms with Crippen molar-refractivity contribution in [3.05, 3.63) is 27.7 Å². The van der Waals surface area contributed by atoms with Gasteiger partial charge in [0.1, 0.15) is 5.75 Å². The summed E-state index contributed by atoms with van der Waals surface area (Å²) in [4.78, 5) is 23.2. The van der Waals surface area contributed by atoms with E-state index in [-0.39, 0.29) is 17.9 Å². The van der Waals surface area contributed by atoms with E-state index in [0.717, 1.165) is 0 Å². The van der Waals surface area contributed by atoms with Gasteiger partial charge in [0.15, 0.2) is 6.10 Å². The molecule has 5 nitrogen and oxygen atoms in total. The molecule has 1 aromatic carbocycles. The van der Waals surface area contributed by atoms with Gasteiger partial charge in [-0.05, 0) is 47.5 Å². The predicted octanol–water partition coefficient (Wildman–Crippen LogP) is 2.26. The van der Waals surface area contributed by atoms with Crippen molar-refractivity contribution in [1.82, 2.24) is 10.6 Å². The molecular formula is C14H16BrClN2O3. The molecule has 1 aromatic rings. The lowest BCUT2D eigenvalue weighted by Crippen LogP contribution is -2.50. The number of hydrogen-bond donors (Lipinski definition) is 2. The van der Waals surface area contributed by atoms with Gasteiger partial charge in [-0.2, -0.15) is 0 Å². The zero-order valence-electron chi connectivity index (χ0n) is 11.5. The third-order valence-corrected chi connectivity index (χ3v) is 4.03. The fourth-order valence-electron chi connectivity index (χ4n) is 1.99. The molecule has 2 N–H and O–H groups in total. The number of piperidine rings is 1. The Morgan fingerprint density at radius 2 is 2.33 bits per heavy atom. The van der Waals surface area contributed by atoms with Gasteiger partial charge in [-0.25, -0.2) is 0 Å². The minimum atomic E-state index is -0.639. The van der Waals surface area contributed by atoms with Crippen LogP contribution in [-0.2, 0) is 9.59 Å². The van der Waals surface area contributed by atoms with Crippen molar-refractivity contribution < 1.29 is 14.3 Å². The summed E-state index contributed by atoms with van der Waals surface area (Å²) in [5.41, 5.74) is 0. The standard InChI is InChI=1S/C14H16BrClN2O3/c1-8(21-12-4-2-9(16)6-11(12)15)14(20)18-10-3-5-13(19)17-7-10/h2,4,6,8,10H,3,5,7H2,1H3,(H,17,19)(H,18,20). The summed E-state index contributed by atoms with van der Waals surface area (Å²) in [7, 11) is 0. The van der Waals surface area contributed by atoms with E-state index in [1.807, 2.05) is 0 Å². The van der Waals surface area contributed by atoms with Gasteiger partial charge in [-0.3, -0.25) is 9.59 Å². The number of ether oxygens (including phenoxy) is 1. The quantitative estimate of drug-likeness (QED) is 0.848. The summed E-state index contributed by atoms with van der Waals surface area (Å²) in [5.74, 6) is 0.367. The summed E-state index contributed by atoms with van der Waals surface area (Å²) >= 11 is 9.20. The number of benzene rings is 1. The van der Waals surface area contributed by atoms with E-state index < -0.39 is 6.10 Å². The molecule has 0 radical (unpaired) electrons. The first-order valence-electron chi connectivity index (χ1n) is 6.64. The fourth-order valence-corrected chi connectivity index (χ4v) is 2.77. The molecule has 2 atom stereocenters. The lowest BCUT2D eigenvalue weighted by atomic mass is 10.1. The molecule has 2 amide bonds. The van der Waals surface area contributed by atoms with Gasteiger partial charge in [0.2, 0.25) is 5.91 Å². The Balaban J connectivity index is 1.89. The first-order chi connectivity index (χ1) is 9.95. The normalized spacial score (nSPS) is 19.6. The van der Waals surface area contributed by atoms with E-state index in [1.165, 1.54) is 0 Å². The van der Waals surface area contributed by atoms with Gasteiger partial charge >= 0.3 is 0 Å². The van der Waals surface area contributed by atoms with Crippen LogP contribution < -0.4 is 15.4 Å². The highest BCUT2D eigenvalue weighted by molar-refractivity contribution is 9.10. The fraction of sp³-hybridized carbons (Fsp3) is 0.429. The smallest absolute Gasteiger partial charge is 0.261 e. The number of nitrogens with one attached hydrogen (secondary N) is 2. The molecular weight excluding hydrogens is 360 g/mol. The molecule has 7 heteroatoms. The van der Waals surface area contributed by atoms with Crippen LogP contribution in [0.25, 0.3) is 0 Å². The van der Waals surface area contributed by atoms with Crippen molar-refractivity contribution in [1.29, 1.82) is 0 Å². The predicted molar refractivity (Wildman–Crippen MR) is 83.4 cm³/mol. The molecule has 1 aliphatic rings. The highest BCUT2D eigenvalue weighted by atomic mass is 79.9. The summed E-state index contributed by atoms with van der Waals surface area (Å²) in [6, 6.07) is 5.06. The van der Waals surface area contributed by atoms with Crippen LogP contribution in [0.4, 0.5) is 0 Å². The Morgan fingerprint density at radius 1 is 1.57 bits per heavy atom. The first kappa shape index (κ1) is 16.1. The number of carbonyl (C=O) groups is 2. The van der Waals surface area contributed by atoms with Crippen molar-refractivity contribution in [2.24, 2.45) is 0 Å². The van der Waals surface area contributed by atoms with Crippen molar-refractivity contribution in [2.75, 3.05) is 6.54 Å². The molecule has 1 saturated heterocycles. The summed E-state index contributed by atoms with van der Waals surface area (Å²) in [6.45, 7) is 2.14. The molecule has 0 saturated carbocycles. The topological polar surface area (TPSA) is 67.4 Å². The Labute approximate surface area is 136 Å². The van der Waals surface area contributed by atoms with Gasteiger partial charge in [0.25, 0.3) is 5.91 Å². The van der Waals surface area contributed by atoms with Crippen molar-refractivity contribution in [3.8, 4) is 5.75 Å². The number of rotatable bonds is 4. The van der Waals surface area contributed by atoms with Gasteiger partial charge < -0.3 is 15.4 Å². The Morgan fingerprint density at radius 3 is 2.95 bits per heavy atom. The highest BCUT2D eigenvalue weighted by Crippen LogP contribution is 2.28. The van der Waals surface area contributed by atoms with Crippen LogP contribution in [0.2, 0.25) is 5.02 Å². The largest absolute Gasteiger partial charge is 0.480 e. The summed E-state index contributed by atoms with van der Waals surface area (Å²) < 4.78 is 6.31. The monoisotopic (exact) mass is 374 g/mol. The number of amides is 2. The van der Waals surface area contributed by atoms with E-state index in [2.05, 4.69) is 26.6 Å². The third-order valence-electron chi connectivity index (χ3n) is 3.18. The lowest BCUT2D eigenvalue weighted by Gasteiger charge is -2.25. The van der Waals surface area contributed by atoms with Crippen LogP contribution in [0.1, 0.15) is 19.8 Å². The Kier molecular flexibility index (Phi) is 5.47. The van der Waals surface area contributed by atoms with Crippen LogP contribution in [0.3, 0.4) is 0 Å². The molecule has 0 aliphatic carbocycles. The molecule has 1 fully saturated rings. The summed E-state index contributed by atoms with van der Waals surface area (Å²) in [6.07, 6.45) is 0.442. The van der Waals surface area contributed by atoms with Crippen molar-refractivity contribution >= 4 is 39.3 Å². The van der Waals surface area contributed by atoms with E-state index in [1.54, 1.807) is 25.1 Å². The van der Waals surface area contributed by atoms with Crippen LogP contribution >= 0.6 is 27.5 Å². The maximum absolute atomic E-state index is 12.1. The van der Waals surface area contributed by atoms with Crippen LogP contribution in [0, 0.1) is 0 Å². The maximum atomic E-state index is 12.1. The Hall–Kier alpha value is -1.27. The zero-order chi connectivity index (χ0) is 15.4. The minimum absolute atomic E-state index is 0.0230. The molecule has 21 heavy (non-hydrogen) atoms. The minimum Gasteiger partial charge on any atom is -0.480 e. The molecule has 2 rings (SSSR count). The zero-order valence-corrected chi connectivity index (χ0v) is 13.8. The SMILES string of the molecule is CC(Oc1ccc(Cl)cc1Br)C(=O)NC1CCC(=O)NC1. The second-order valence-electron chi connectivity index (χ2n) is 4.88. The highest BCUT2D eigenvalue weighted by Gasteiger charge is 2.23. The second-order valence-corrected chi connectivity index (χ2v) is 6.17. The number of carbonyl (C=O) groups excluding carboxylic acids is 2. The summed E-state index contributed by atoms with van der Waals surface area (Å²) in [5, 5.41) is 6.18. The van der Waals surface area contributed by atoms with Crippen LogP contribution in [0.15, 0.2) is 22.7 Å².